The number of nitrogens with one attached hydrogen (secondary N) is 1. The fourth-order valence-electron chi connectivity index (χ4n) is 2.25. The molecule has 0 aromatic heterocycles. The van der Waals surface area contributed by atoms with E-state index < -0.39 is 5.97 Å². The van der Waals surface area contributed by atoms with Crippen molar-refractivity contribution in [2.24, 2.45) is 17.8 Å². The van der Waals surface area contributed by atoms with E-state index in [-0.39, 0.29) is 25.0 Å². The fraction of sp³-hybridized carbons (Fsp3) is 0.833. The molecule has 0 aromatic rings. The van der Waals surface area contributed by atoms with Crippen LogP contribution in [0.25, 0.3) is 0 Å². The van der Waals surface area contributed by atoms with Gasteiger partial charge < -0.3 is 15.2 Å². The minimum Gasteiger partial charge on any atom is -0.480 e. The Bertz CT molecular complexity index is 285. The van der Waals surface area contributed by atoms with Crippen molar-refractivity contribution in [1.82, 2.24) is 5.32 Å². The summed E-state index contributed by atoms with van der Waals surface area (Å²) in [4.78, 5) is 22.1. The number of carboxylic acid groups (broad SMARTS) is 1. The second kappa shape index (κ2) is 5.49. The van der Waals surface area contributed by atoms with E-state index in [9.17, 15) is 9.59 Å². The van der Waals surface area contributed by atoms with Gasteiger partial charge in [0.25, 0.3) is 0 Å². The van der Waals surface area contributed by atoms with Gasteiger partial charge in [-0.05, 0) is 37.5 Å². The third-order valence-corrected chi connectivity index (χ3v) is 3.33. The van der Waals surface area contributed by atoms with Crippen LogP contribution in [0.1, 0.15) is 25.7 Å². The van der Waals surface area contributed by atoms with E-state index in [0.29, 0.717) is 18.4 Å². The Labute approximate surface area is 101 Å². The van der Waals surface area contributed by atoms with E-state index in [4.69, 9.17) is 9.84 Å². The van der Waals surface area contributed by atoms with Crippen molar-refractivity contribution in [2.75, 3.05) is 19.8 Å². The lowest BCUT2D eigenvalue weighted by molar-refractivity contribution is -0.142. The van der Waals surface area contributed by atoms with Crippen LogP contribution in [0.15, 0.2) is 0 Å². The van der Waals surface area contributed by atoms with Gasteiger partial charge in [-0.1, -0.05) is 0 Å². The Kier molecular flexibility index (Phi) is 3.99. The van der Waals surface area contributed by atoms with Crippen molar-refractivity contribution in [3.8, 4) is 0 Å². The second-order valence-electron chi connectivity index (χ2n) is 4.94. The Hall–Kier alpha value is -1.10. The van der Waals surface area contributed by atoms with Crippen LogP contribution >= 0.6 is 0 Å². The molecule has 0 heterocycles. The summed E-state index contributed by atoms with van der Waals surface area (Å²) in [5.41, 5.74) is 0. The maximum absolute atomic E-state index is 11.9. The zero-order valence-corrected chi connectivity index (χ0v) is 9.85. The van der Waals surface area contributed by atoms with Crippen LogP contribution in [-0.4, -0.2) is 36.7 Å². The average molecular weight is 241 g/mol. The van der Waals surface area contributed by atoms with E-state index in [0.717, 1.165) is 0 Å². The molecule has 0 bridgehead atoms. The van der Waals surface area contributed by atoms with E-state index in [1.807, 2.05) is 0 Å². The third kappa shape index (κ3) is 4.00. The molecular weight excluding hydrogens is 222 g/mol. The molecule has 2 aliphatic carbocycles. The standard InChI is InChI=1S/C12H19NO4/c14-10(15)7-17-6-5-13-12(16)11(8-1-2-8)9-3-4-9/h8-9,11H,1-7H2,(H,13,16)(H,14,15). The molecule has 17 heavy (non-hydrogen) atoms. The molecule has 0 spiro atoms. The molecular formula is C12H19NO4. The predicted octanol–water partition coefficient (Wildman–Crippen LogP) is 0.640. The Morgan fingerprint density at radius 1 is 1.24 bits per heavy atom. The molecule has 2 saturated carbocycles. The predicted molar refractivity (Wildman–Crippen MR) is 60.4 cm³/mol. The van der Waals surface area contributed by atoms with Gasteiger partial charge in [0.15, 0.2) is 0 Å². The van der Waals surface area contributed by atoms with Gasteiger partial charge >= 0.3 is 5.97 Å². The van der Waals surface area contributed by atoms with Gasteiger partial charge in [0.1, 0.15) is 6.61 Å². The normalized spacial score (nSPS) is 19.4. The zero-order chi connectivity index (χ0) is 12.3. The van der Waals surface area contributed by atoms with Crippen molar-refractivity contribution in [1.29, 1.82) is 0 Å². The second-order valence-corrected chi connectivity index (χ2v) is 4.94. The van der Waals surface area contributed by atoms with Gasteiger partial charge in [0, 0.05) is 12.5 Å². The van der Waals surface area contributed by atoms with Crippen LogP contribution in [-0.2, 0) is 14.3 Å². The molecule has 2 aliphatic rings. The molecule has 2 fully saturated rings. The first-order chi connectivity index (χ1) is 8.18. The Morgan fingerprint density at radius 3 is 2.29 bits per heavy atom. The number of aliphatic carboxylic acids is 1. The maximum atomic E-state index is 11.9. The summed E-state index contributed by atoms with van der Waals surface area (Å²) in [7, 11) is 0. The van der Waals surface area contributed by atoms with Crippen LogP contribution < -0.4 is 5.32 Å². The number of amides is 1. The Morgan fingerprint density at radius 2 is 1.82 bits per heavy atom. The van der Waals surface area contributed by atoms with Crippen LogP contribution in [0.5, 0.6) is 0 Å². The smallest absolute Gasteiger partial charge is 0.329 e. The minimum absolute atomic E-state index is 0.133. The van der Waals surface area contributed by atoms with Gasteiger partial charge in [-0.15, -0.1) is 0 Å². The molecule has 1 amide bonds. The minimum atomic E-state index is -0.981. The van der Waals surface area contributed by atoms with Crippen molar-refractivity contribution < 1.29 is 19.4 Å². The number of carboxylic acids is 1. The van der Waals surface area contributed by atoms with Gasteiger partial charge in [0.2, 0.25) is 5.91 Å². The van der Waals surface area contributed by atoms with Gasteiger partial charge in [-0.3, -0.25) is 4.79 Å². The van der Waals surface area contributed by atoms with Crippen molar-refractivity contribution in [3.05, 3.63) is 0 Å². The number of ether oxygens (including phenoxy) is 1. The monoisotopic (exact) mass is 241 g/mol. The van der Waals surface area contributed by atoms with Crippen molar-refractivity contribution >= 4 is 11.9 Å². The molecule has 0 radical (unpaired) electrons. The number of carbonyl (C=O) groups excluding carboxylic acids is 1. The zero-order valence-electron chi connectivity index (χ0n) is 9.85. The van der Waals surface area contributed by atoms with E-state index >= 15 is 0 Å². The molecule has 2 rings (SSSR count). The number of rotatable bonds is 8. The van der Waals surface area contributed by atoms with Gasteiger partial charge in [-0.2, -0.15) is 0 Å². The summed E-state index contributed by atoms with van der Waals surface area (Å²) in [6.45, 7) is 0.368. The molecule has 0 atom stereocenters. The first kappa shape index (κ1) is 12.4. The molecule has 0 unspecified atom stereocenters. The molecule has 96 valence electrons. The summed E-state index contributed by atoms with van der Waals surface area (Å²) in [6.07, 6.45) is 4.74. The lowest BCUT2D eigenvalue weighted by Gasteiger charge is -2.15. The fourth-order valence-corrected chi connectivity index (χ4v) is 2.25. The van der Waals surface area contributed by atoms with E-state index in [1.54, 1.807) is 0 Å². The summed E-state index contributed by atoms with van der Waals surface area (Å²) in [5.74, 6) is 0.554. The highest BCUT2D eigenvalue weighted by molar-refractivity contribution is 5.80. The lowest BCUT2D eigenvalue weighted by Crippen LogP contribution is -2.35. The summed E-state index contributed by atoms with van der Waals surface area (Å²) >= 11 is 0. The maximum Gasteiger partial charge on any atom is 0.329 e. The molecule has 5 nitrogen and oxygen atoms in total. The molecule has 0 aromatic carbocycles. The van der Waals surface area contributed by atoms with Gasteiger partial charge in [0.05, 0.1) is 6.61 Å². The lowest BCUT2D eigenvalue weighted by atomic mass is 9.97. The van der Waals surface area contributed by atoms with Crippen molar-refractivity contribution in [2.45, 2.75) is 25.7 Å². The molecule has 2 N–H and O–H groups in total. The number of hydrogen-bond donors (Lipinski definition) is 2. The summed E-state index contributed by atoms with van der Waals surface area (Å²) in [5, 5.41) is 11.2. The molecule has 0 saturated heterocycles. The summed E-state index contributed by atoms with van der Waals surface area (Å²) < 4.78 is 4.86. The SMILES string of the molecule is O=C(O)COCCNC(=O)C(C1CC1)C1CC1. The quantitative estimate of drug-likeness (QED) is 0.611. The highest BCUT2D eigenvalue weighted by Gasteiger charge is 2.45. The third-order valence-electron chi connectivity index (χ3n) is 3.33. The molecule has 0 aliphatic heterocycles. The first-order valence-corrected chi connectivity index (χ1v) is 6.25. The van der Waals surface area contributed by atoms with Crippen LogP contribution in [0.3, 0.4) is 0 Å². The van der Waals surface area contributed by atoms with E-state index in [1.165, 1.54) is 25.7 Å². The van der Waals surface area contributed by atoms with Crippen LogP contribution in [0.2, 0.25) is 0 Å². The van der Waals surface area contributed by atoms with Crippen molar-refractivity contribution in [3.63, 3.8) is 0 Å². The number of hydrogen-bond acceptors (Lipinski definition) is 3. The van der Waals surface area contributed by atoms with Gasteiger partial charge in [-0.25, -0.2) is 4.79 Å². The average Bonchev–Trinajstić information content (AvgIpc) is 3.11. The van der Waals surface area contributed by atoms with Crippen LogP contribution in [0.4, 0.5) is 0 Å². The number of carbonyl (C=O) groups is 2. The van der Waals surface area contributed by atoms with E-state index in [2.05, 4.69) is 5.32 Å². The summed E-state index contributed by atoms with van der Waals surface area (Å²) in [6, 6.07) is 0. The first-order valence-electron chi connectivity index (χ1n) is 6.25. The Balaban J connectivity index is 1.60. The highest BCUT2D eigenvalue weighted by atomic mass is 16.5. The van der Waals surface area contributed by atoms with Crippen LogP contribution in [0, 0.1) is 17.8 Å². The highest BCUT2D eigenvalue weighted by Crippen LogP contribution is 2.49. The topological polar surface area (TPSA) is 75.6 Å². The molecule has 5 heteroatoms. The largest absolute Gasteiger partial charge is 0.480 e.